The van der Waals surface area contributed by atoms with Gasteiger partial charge in [0.15, 0.2) is 0 Å². The van der Waals surface area contributed by atoms with Crippen LogP contribution in [0, 0.1) is 0 Å². The first-order chi connectivity index (χ1) is 14.7. The van der Waals surface area contributed by atoms with Crippen LogP contribution in [-0.4, -0.2) is 33.7 Å². The van der Waals surface area contributed by atoms with Crippen molar-refractivity contribution in [2.24, 2.45) is 0 Å². The predicted octanol–water partition coefficient (Wildman–Crippen LogP) is 3.87. The van der Waals surface area contributed by atoms with Gasteiger partial charge < -0.3 is 25.0 Å². The van der Waals surface area contributed by atoms with Gasteiger partial charge in [0.2, 0.25) is 11.9 Å². The smallest absolute Gasteiger partial charge is 0.244 e. The molecule has 1 aromatic heterocycles. The van der Waals surface area contributed by atoms with Crippen LogP contribution in [0.4, 0.5) is 11.6 Å². The van der Waals surface area contributed by atoms with Gasteiger partial charge in [-0.15, -0.1) is 0 Å². The maximum atomic E-state index is 12.7. The van der Waals surface area contributed by atoms with Crippen LogP contribution in [0.15, 0.2) is 78.9 Å². The molecule has 0 spiro atoms. The number of anilines is 2. The molecule has 0 aliphatic heterocycles. The number of carbonyl (C=O) groups excluding carboxylic acids is 1. The molecule has 4 aromatic rings. The normalized spacial score (nSPS) is 10.7. The van der Waals surface area contributed by atoms with Crippen molar-refractivity contribution in [2.75, 3.05) is 23.8 Å². The quantitative estimate of drug-likeness (QED) is 0.416. The Hall–Kier alpha value is -3.84. The Bertz CT molecular complexity index is 1120. The number of hydrogen-bond donors (Lipinski definition) is 3. The number of imidazole rings is 1. The molecule has 30 heavy (non-hydrogen) atoms. The standard InChI is InChI=1S/C23H22N4O3/c28-15-14-24-23-26-20-8-4-5-9-21(20)27(23)16-22(29)25-17-10-12-19(13-11-17)30-18-6-2-1-3-7-18/h1-13,28H,14-16H2,(H,24,26)(H,25,29). The van der Waals surface area contributed by atoms with Crippen LogP contribution in [0.2, 0.25) is 0 Å². The van der Waals surface area contributed by atoms with E-state index in [9.17, 15) is 4.79 Å². The molecular weight excluding hydrogens is 380 g/mol. The van der Waals surface area contributed by atoms with E-state index in [-0.39, 0.29) is 19.1 Å². The molecule has 0 fully saturated rings. The molecule has 0 unspecified atom stereocenters. The van der Waals surface area contributed by atoms with Crippen LogP contribution in [0.25, 0.3) is 11.0 Å². The van der Waals surface area contributed by atoms with Crippen LogP contribution in [0.1, 0.15) is 0 Å². The molecular formula is C23H22N4O3. The van der Waals surface area contributed by atoms with Gasteiger partial charge in [-0.3, -0.25) is 4.79 Å². The first-order valence-electron chi connectivity index (χ1n) is 9.66. The fourth-order valence-corrected chi connectivity index (χ4v) is 3.11. The summed E-state index contributed by atoms with van der Waals surface area (Å²) in [6.45, 7) is 0.428. The predicted molar refractivity (Wildman–Crippen MR) is 117 cm³/mol. The van der Waals surface area contributed by atoms with Crippen molar-refractivity contribution in [1.82, 2.24) is 9.55 Å². The minimum absolute atomic E-state index is 0.0210. The van der Waals surface area contributed by atoms with Crippen molar-refractivity contribution < 1.29 is 14.6 Å². The number of hydrogen-bond acceptors (Lipinski definition) is 5. The highest BCUT2D eigenvalue weighted by molar-refractivity contribution is 5.92. The SMILES string of the molecule is O=C(Cn1c(NCCO)nc2ccccc21)Nc1ccc(Oc2ccccc2)cc1. The monoisotopic (exact) mass is 402 g/mol. The summed E-state index contributed by atoms with van der Waals surface area (Å²) in [7, 11) is 0. The third-order valence-corrected chi connectivity index (χ3v) is 4.47. The fraction of sp³-hybridized carbons (Fsp3) is 0.130. The van der Waals surface area contributed by atoms with Crippen molar-refractivity contribution in [3.63, 3.8) is 0 Å². The second-order valence-corrected chi connectivity index (χ2v) is 6.65. The average Bonchev–Trinajstić information content (AvgIpc) is 3.11. The summed E-state index contributed by atoms with van der Waals surface area (Å²) in [5.74, 6) is 1.81. The number of amides is 1. The lowest BCUT2D eigenvalue weighted by molar-refractivity contribution is -0.116. The number of para-hydroxylation sites is 3. The topological polar surface area (TPSA) is 88.4 Å². The highest BCUT2D eigenvalue weighted by Gasteiger charge is 2.13. The van der Waals surface area contributed by atoms with Crippen LogP contribution >= 0.6 is 0 Å². The molecule has 0 radical (unpaired) electrons. The molecule has 0 aliphatic rings. The molecule has 0 saturated heterocycles. The number of fused-ring (bicyclic) bond motifs is 1. The number of benzene rings is 3. The number of aromatic nitrogens is 2. The lowest BCUT2D eigenvalue weighted by Gasteiger charge is -2.11. The third-order valence-electron chi connectivity index (χ3n) is 4.47. The molecule has 4 rings (SSSR count). The van der Waals surface area contributed by atoms with Crippen LogP contribution in [0.3, 0.4) is 0 Å². The highest BCUT2D eigenvalue weighted by Crippen LogP contribution is 2.23. The van der Waals surface area contributed by atoms with E-state index in [1.54, 1.807) is 16.7 Å². The third kappa shape index (κ3) is 4.59. The van der Waals surface area contributed by atoms with E-state index >= 15 is 0 Å². The molecule has 0 bridgehead atoms. The maximum absolute atomic E-state index is 12.7. The second kappa shape index (κ2) is 9.11. The Balaban J connectivity index is 1.44. The van der Waals surface area contributed by atoms with Crippen molar-refractivity contribution in [1.29, 1.82) is 0 Å². The van der Waals surface area contributed by atoms with Gasteiger partial charge in [-0.1, -0.05) is 30.3 Å². The Labute approximate surface area is 173 Å². The van der Waals surface area contributed by atoms with Crippen molar-refractivity contribution >= 4 is 28.6 Å². The van der Waals surface area contributed by atoms with Crippen LogP contribution in [-0.2, 0) is 11.3 Å². The van der Waals surface area contributed by atoms with Crippen molar-refractivity contribution in [3.05, 3.63) is 78.9 Å². The number of nitrogens with zero attached hydrogens (tertiary/aromatic N) is 2. The van der Waals surface area contributed by atoms with Crippen molar-refractivity contribution in [2.45, 2.75) is 6.54 Å². The van der Waals surface area contributed by atoms with Gasteiger partial charge in [0.1, 0.15) is 18.0 Å². The first kappa shape index (κ1) is 19.5. The zero-order valence-corrected chi connectivity index (χ0v) is 16.3. The van der Waals surface area contributed by atoms with Gasteiger partial charge in [0.25, 0.3) is 0 Å². The summed E-state index contributed by atoms with van der Waals surface area (Å²) in [6.07, 6.45) is 0. The number of aliphatic hydroxyl groups excluding tert-OH is 1. The lowest BCUT2D eigenvalue weighted by Crippen LogP contribution is -2.21. The van der Waals surface area contributed by atoms with E-state index in [0.717, 1.165) is 16.8 Å². The molecule has 7 nitrogen and oxygen atoms in total. The minimum Gasteiger partial charge on any atom is -0.457 e. The van der Waals surface area contributed by atoms with E-state index in [2.05, 4.69) is 15.6 Å². The van der Waals surface area contributed by atoms with Gasteiger partial charge in [-0.25, -0.2) is 4.98 Å². The molecule has 0 aliphatic carbocycles. The van der Waals surface area contributed by atoms with E-state index in [4.69, 9.17) is 9.84 Å². The van der Waals surface area contributed by atoms with Gasteiger partial charge in [-0.2, -0.15) is 0 Å². The number of nitrogens with one attached hydrogen (secondary N) is 2. The minimum atomic E-state index is -0.179. The van der Waals surface area contributed by atoms with E-state index in [0.29, 0.717) is 23.9 Å². The van der Waals surface area contributed by atoms with Gasteiger partial charge in [0.05, 0.1) is 17.6 Å². The number of ether oxygens (including phenoxy) is 1. The lowest BCUT2D eigenvalue weighted by atomic mass is 10.3. The number of rotatable bonds is 8. The Morgan fingerprint density at radius 1 is 0.933 bits per heavy atom. The summed E-state index contributed by atoms with van der Waals surface area (Å²) in [5, 5.41) is 15.1. The molecule has 0 saturated carbocycles. The summed E-state index contributed by atoms with van der Waals surface area (Å²) in [6, 6.07) is 24.3. The van der Waals surface area contributed by atoms with Crippen LogP contribution < -0.4 is 15.4 Å². The molecule has 3 aromatic carbocycles. The first-order valence-corrected chi connectivity index (χ1v) is 9.66. The molecule has 1 amide bonds. The molecule has 1 heterocycles. The van der Waals surface area contributed by atoms with E-state index in [1.807, 2.05) is 66.7 Å². The number of aliphatic hydroxyl groups is 1. The van der Waals surface area contributed by atoms with E-state index in [1.165, 1.54) is 0 Å². The summed E-state index contributed by atoms with van der Waals surface area (Å²) in [5.41, 5.74) is 2.31. The Kier molecular flexibility index (Phi) is 5.91. The zero-order valence-electron chi connectivity index (χ0n) is 16.3. The summed E-state index contributed by atoms with van der Waals surface area (Å²) < 4.78 is 7.57. The molecule has 0 atom stereocenters. The second-order valence-electron chi connectivity index (χ2n) is 6.65. The molecule has 152 valence electrons. The summed E-state index contributed by atoms with van der Waals surface area (Å²) in [4.78, 5) is 17.2. The van der Waals surface area contributed by atoms with Gasteiger partial charge >= 0.3 is 0 Å². The highest BCUT2D eigenvalue weighted by atomic mass is 16.5. The van der Waals surface area contributed by atoms with Crippen molar-refractivity contribution in [3.8, 4) is 11.5 Å². The molecule has 7 heteroatoms. The number of carbonyl (C=O) groups is 1. The van der Waals surface area contributed by atoms with Gasteiger partial charge in [-0.05, 0) is 48.5 Å². The maximum Gasteiger partial charge on any atom is 0.244 e. The van der Waals surface area contributed by atoms with Crippen LogP contribution in [0.5, 0.6) is 11.5 Å². The largest absolute Gasteiger partial charge is 0.457 e. The Morgan fingerprint density at radius 3 is 2.40 bits per heavy atom. The Morgan fingerprint density at radius 2 is 1.63 bits per heavy atom. The van der Waals surface area contributed by atoms with Gasteiger partial charge in [0, 0.05) is 12.2 Å². The van der Waals surface area contributed by atoms with E-state index < -0.39 is 0 Å². The average molecular weight is 402 g/mol. The fourth-order valence-electron chi connectivity index (χ4n) is 3.11. The zero-order chi connectivity index (χ0) is 20.8. The molecule has 3 N–H and O–H groups in total. The summed E-state index contributed by atoms with van der Waals surface area (Å²) >= 11 is 0.